The molecule has 0 aliphatic carbocycles. The van der Waals surface area contributed by atoms with Crippen LogP contribution in [0.2, 0.25) is 0 Å². The molecule has 1 heterocycles. The highest BCUT2D eigenvalue weighted by Gasteiger charge is 2.25. The van der Waals surface area contributed by atoms with Crippen LogP contribution in [0.1, 0.15) is 6.92 Å². The number of primary sulfonamides is 1. The van der Waals surface area contributed by atoms with Crippen LogP contribution in [0.4, 0.5) is 11.4 Å². The third-order valence-corrected chi connectivity index (χ3v) is 3.96. The maximum atomic E-state index is 11.3. The fourth-order valence-corrected chi connectivity index (χ4v) is 2.66. The summed E-state index contributed by atoms with van der Waals surface area (Å²) in [6.45, 7) is 3.36. The third-order valence-electron chi connectivity index (χ3n) is 3.05. The van der Waals surface area contributed by atoms with Crippen molar-refractivity contribution in [2.75, 3.05) is 24.6 Å². The third kappa shape index (κ3) is 3.06. The van der Waals surface area contributed by atoms with E-state index in [-0.39, 0.29) is 16.7 Å². The second-order valence-corrected chi connectivity index (χ2v) is 6.14. The number of nitro benzene ring substituents is 1. The summed E-state index contributed by atoms with van der Waals surface area (Å²) in [5, 5.41) is 16.1. The van der Waals surface area contributed by atoms with Gasteiger partial charge in [0.05, 0.1) is 22.5 Å². The Morgan fingerprint density at radius 2 is 2.20 bits per heavy atom. The van der Waals surface area contributed by atoms with Crippen molar-refractivity contribution >= 4 is 21.4 Å². The van der Waals surface area contributed by atoms with Gasteiger partial charge in [-0.1, -0.05) is 0 Å². The summed E-state index contributed by atoms with van der Waals surface area (Å²) in [6.07, 6.45) is -0.0405. The number of ether oxygens (including phenoxy) is 1. The van der Waals surface area contributed by atoms with Crippen LogP contribution in [0.15, 0.2) is 23.1 Å². The molecule has 0 aromatic heterocycles. The standard InChI is InChI=1S/C11H15N3O5S/c1-8-7-13(4-5-19-8)10-3-2-9(20(12,17)18)6-11(10)14(15)16/h2-3,6,8H,4-5,7H2,1H3,(H2,12,17,18). The van der Waals surface area contributed by atoms with Crippen molar-refractivity contribution < 1.29 is 18.1 Å². The molecule has 1 fully saturated rings. The van der Waals surface area contributed by atoms with Gasteiger partial charge in [-0.05, 0) is 19.1 Å². The molecule has 9 heteroatoms. The van der Waals surface area contributed by atoms with Gasteiger partial charge in [-0.25, -0.2) is 13.6 Å². The van der Waals surface area contributed by atoms with Gasteiger partial charge < -0.3 is 9.64 Å². The van der Waals surface area contributed by atoms with Crippen molar-refractivity contribution in [3.05, 3.63) is 28.3 Å². The van der Waals surface area contributed by atoms with E-state index >= 15 is 0 Å². The molecule has 1 aromatic rings. The molecule has 1 atom stereocenters. The van der Waals surface area contributed by atoms with Gasteiger partial charge >= 0.3 is 0 Å². The zero-order valence-corrected chi connectivity index (χ0v) is 11.7. The van der Waals surface area contributed by atoms with Crippen molar-refractivity contribution in [1.82, 2.24) is 0 Å². The number of benzene rings is 1. The first-order valence-electron chi connectivity index (χ1n) is 5.97. The topological polar surface area (TPSA) is 116 Å². The van der Waals surface area contributed by atoms with E-state index in [4.69, 9.17) is 9.88 Å². The smallest absolute Gasteiger partial charge is 0.293 e. The Morgan fingerprint density at radius 1 is 1.50 bits per heavy atom. The van der Waals surface area contributed by atoms with E-state index in [0.717, 1.165) is 6.07 Å². The van der Waals surface area contributed by atoms with E-state index in [1.807, 2.05) is 6.92 Å². The number of anilines is 1. The van der Waals surface area contributed by atoms with E-state index in [1.165, 1.54) is 12.1 Å². The number of sulfonamides is 1. The monoisotopic (exact) mass is 301 g/mol. The zero-order chi connectivity index (χ0) is 14.9. The molecule has 0 saturated carbocycles. The van der Waals surface area contributed by atoms with E-state index in [1.54, 1.807) is 4.90 Å². The fourth-order valence-electron chi connectivity index (χ4n) is 2.13. The van der Waals surface area contributed by atoms with Crippen molar-refractivity contribution in [1.29, 1.82) is 0 Å². The number of nitrogens with two attached hydrogens (primary N) is 1. The Kier molecular flexibility index (Phi) is 3.93. The van der Waals surface area contributed by atoms with E-state index in [9.17, 15) is 18.5 Å². The second kappa shape index (κ2) is 5.35. The summed E-state index contributed by atoms with van der Waals surface area (Å²) >= 11 is 0. The quantitative estimate of drug-likeness (QED) is 0.640. The minimum Gasteiger partial charge on any atom is -0.375 e. The van der Waals surface area contributed by atoms with Crippen LogP contribution in [0, 0.1) is 10.1 Å². The summed E-state index contributed by atoms with van der Waals surface area (Å²) in [7, 11) is -3.96. The molecule has 8 nitrogen and oxygen atoms in total. The Bertz CT molecular complexity index is 631. The lowest BCUT2D eigenvalue weighted by Gasteiger charge is -2.32. The molecule has 0 spiro atoms. The van der Waals surface area contributed by atoms with Gasteiger partial charge in [-0.2, -0.15) is 0 Å². The molecule has 1 aromatic carbocycles. The van der Waals surface area contributed by atoms with Crippen LogP contribution in [0.3, 0.4) is 0 Å². The number of rotatable bonds is 3. The van der Waals surface area contributed by atoms with Gasteiger partial charge in [0.25, 0.3) is 5.69 Å². The first kappa shape index (κ1) is 14.7. The summed E-state index contributed by atoms with van der Waals surface area (Å²) < 4.78 is 27.9. The molecule has 1 saturated heterocycles. The Balaban J connectivity index is 2.45. The predicted octanol–water partition coefficient (Wildman–Crippen LogP) is 0.467. The molecule has 1 unspecified atom stereocenters. The first-order chi connectivity index (χ1) is 9.29. The second-order valence-electron chi connectivity index (χ2n) is 4.58. The van der Waals surface area contributed by atoms with Crippen molar-refractivity contribution in [2.45, 2.75) is 17.9 Å². The van der Waals surface area contributed by atoms with Crippen LogP contribution in [0.5, 0.6) is 0 Å². The zero-order valence-electron chi connectivity index (χ0n) is 10.9. The van der Waals surface area contributed by atoms with Crippen LogP contribution in [-0.2, 0) is 14.8 Å². The molecule has 0 bridgehead atoms. The van der Waals surface area contributed by atoms with Gasteiger partial charge in [0.15, 0.2) is 0 Å². The van der Waals surface area contributed by atoms with Crippen molar-refractivity contribution in [3.8, 4) is 0 Å². The molecule has 0 radical (unpaired) electrons. The number of hydrogen-bond acceptors (Lipinski definition) is 6. The lowest BCUT2D eigenvalue weighted by Crippen LogP contribution is -2.41. The van der Waals surface area contributed by atoms with Gasteiger partial charge in [0.1, 0.15) is 5.69 Å². The number of nitro groups is 1. The Labute approximate surface area is 116 Å². The highest BCUT2D eigenvalue weighted by atomic mass is 32.2. The van der Waals surface area contributed by atoms with E-state index in [0.29, 0.717) is 25.4 Å². The minimum atomic E-state index is -3.96. The van der Waals surface area contributed by atoms with Crippen LogP contribution >= 0.6 is 0 Å². The molecular weight excluding hydrogens is 286 g/mol. The maximum Gasteiger partial charge on any atom is 0.293 e. The summed E-state index contributed by atoms with van der Waals surface area (Å²) in [4.78, 5) is 12.1. The van der Waals surface area contributed by atoms with Gasteiger partial charge in [0.2, 0.25) is 10.0 Å². The average Bonchev–Trinajstić information content (AvgIpc) is 2.37. The number of nitrogens with zero attached hydrogens (tertiary/aromatic N) is 2. The summed E-state index contributed by atoms with van der Waals surface area (Å²) in [5.41, 5.74) is 0.100. The van der Waals surface area contributed by atoms with Crippen LogP contribution in [0.25, 0.3) is 0 Å². The van der Waals surface area contributed by atoms with Gasteiger partial charge in [0, 0.05) is 19.2 Å². The molecule has 1 aliphatic heterocycles. The minimum absolute atomic E-state index is 0.0405. The van der Waals surface area contributed by atoms with Crippen molar-refractivity contribution in [3.63, 3.8) is 0 Å². The van der Waals surface area contributed by atoms with E-state index < -0.39 is 14.9 Å². The van der Waals surface area contributed by atoms with Crippen molar-refractivity contribution in [2.24, 2.45) is 5.14 Å². The molecule has 0 amide bonds. The molecule has 20 heavy (non-hydrogen) atoms. The normalized spacial score (nSPS) is 19.9. The Hall–Kier alpha value is -1.71. The largest absolute Gasteiger partial charge is 0.375 e. The lowest BCUT2D eigenvalue weighted by molar-refractivity contribution is -0.384. The highest BCUT2D eigenvalue weighted by molar-refractivity contribution is 7.89. The van der Waals surface area contributed by atoms with Gasteiger partial charge in [-0.3, -0.25) is 10.1 Å². The summed E-state index contributed by atoms with van der Waals surface area (Å²) in [5.74, 6) is 0. The SMILES string of the molecule is CC1CN(c2ccc(S(N)(=O)=O)cc2[N+](=O)[O-])CCO1. The molecular formula is C11H15N3O5S. The fraction of sp³-hybridized carbons (Fsp3) is 0.455. The maximum absolute atomic E-state index is 11.3. The average molecular weight is 301 g/mol. The predicted molar refractivity (Wildman–Crippen MR) is 72.1 cm³/mol. The molecule has 2 rings (SSSR count). The molecule has 1 aliphatic rings. The highest BCUT2D eigenvalue weighted by Crippen LogP contribution is 2.31. The lowest BCUT2D eigenvalue weighted by atomic mass is 10.2. The molecule has 2 N–H and O–H groups in total. The number of hydrogen-bond donors (Lipinski definition) is 1. The molecule has 110 valence electrons. The van der Waals surface area contributed by atoms with Gasteiger partial charge in [-0.15, -0.1) is 0 Å². The first-order valence-corrected chi connectivity index (χ1v) is 7.51. The van der Waals surface area contributed by atoms with Crippen LogP contribution < -0.4 is 10.0 Å². The summed E-state index contributed by atoms with van der Waals surface area (Å²) in [6, 6.07) is 3.68. The van der Waals surface area contributed by atoms with E-state index in [2.05, 4.69) is 0 Å². The Morgan fingerprint density at radius 3 is 2.75 bits per heavy atom. The number of morpholine rings is 1. The van der Waals surface area contributed by atoms with Crippen LogP contribution in [-0.4, -0.2) is 39.1 Å².